The molecule has 2 amide bonds. The summed E-state index contributed by atoms with van der Waals surface area (Å²) < 4.78 is 5.44. The van der Waals surface area contributed by atoms with E-state index in [0.29, 0.717) is 18.5 Å². The Morgan fingerprint density at radius 2 is 1.67 bits per heavy atom. The SMILES string of the molecule is CCC(CC)C(CNC(=O)CNC(=O)C(C)(C)C)N1CCOCC1. The maximum atomic E-state index is 12.1. The van der Waals surface area contributed by atoms with Gasteiger partial charge in [-0.1, -0.05) is 47.5 Å². The molecule has 1 unspecified atom stereocenters. The first-order valence-corrected chi connectivity index (χ1v) is 9.16. The van der Waals surface area contributed by atoms with Gasteiger partial charge in [0.05, 0.1) is 19.8 Å². The number of carbonyl (C=O) groups excluding carboxylic acids is 2. The third-order valence-corrected chi connectivity index (χ3v) is 4.71. The van der Waals surface area contributed by atoms with E-state index in [4.69, 9.17) is 4.74 Å². The summed E-state index contributed by atoms with van der Waals surface area (Å²) in [6.45, 7) is 13.9. The molecule has 0 radical (unpaired) electrons. The van der Waals surface area contributed by atoms with Crippen LogP contribution in [0.25, 0.3) is 0 Å². The summed E-state index contributed by atoms with van der Waals surface area (Å²) in [7, 11) is 0. The summed E-state index contributed by atoms with van der Waals surface area (Å²) >= 11 is 0. The lowest BCUT2D eigenvalue weighted by Gasteiger charge is -2.38. The van der Waals surface area contributed by atoms with Gasteiger partial charge in [0.1, 0.15) is 0 Å². The van der Waals surface area contributed by atoms with Gasteiger partial charge < -0.3 is 15.4 Å². The molecule has 1 fully saturated rings. The molecule has 0 spiro atoms. The van der Waals surface area contributed by atoms with E-state index in [2.05, 4.69) is 29.4 Å². The number of amides is 2. The largest absolute Gasteiger partial charge is 0.379 e. The van der Waals surface area contributed by atoms with Gasteiger partial charge in [-0.2, -0.15) is 0 Å². The predicted molar refractivity (Wildman–Crippen MR) is 95.7 cm³/mol. The minimum Gasteiger partial charge on any atom is -0.379 e. The van der Waals surface area contributed by atoms with Crippen LogP contribution < -0.4 is 10.6 Å². The fourth-order valence-corrected chi connectivity index (χ4v) is 3.04. The van der Waals surface area contributed by atoms with E-state index in [1.807, 2.05) is 20.8 Å². The third-order valence-electron chi connectivity index (χ3n) is 4.71. The lowest BCUT2D eigenvalue weighted by Crippen LogP contribution is -2.53. The molecular weight excluding hydrogens is 306 g/mol. The number of nitrogens with one attached hydrogen (secondary N) is 2. The van der Waals surface area contributed by atoms with Crippen molar-refractivity contribution in [1.29, 1.82) is 0 Å². The quantitative estimate of drug-likeness (QED) is 0.700. The first kappa shape index (κ1) is 20.9. The van der Waals surface area contributed by atoms with Crippen molar-refractivity contribution >= 4 is 11.8 Å². The predicted octanol–water partition coefficient (Wildman–Crippen LogP) is 1.40. The summed E-state index contributed by atoms with van der Waals surface area (Å²) in [6, 6.07) is 0.325. The van der Waals surface area contributed by atoms with Crippen molar-refractivity contribution in [1.82, 2.24) is 15.5 Å². The second-order valence-corrected chi connectivity index (χ2v) is 7.53. The molecule has 1 atom stereocenters. The zero-order chi connectivity index (χ0) is 18.2. The van der Waals surface area contributed by atoms with Crippen LogP contribution in [0.3, 0.4) is 0 Å². The number of nitrogens with zero attached hydrogens (tertiary/aromatic N) is 1. The summed E-state index contributed by atoms with van der Waals surface area (Å²) in [5, 5.41) is 5.70. The van der Waals surface area contributed by atoms with Crippen molar-refractivity contribution in [2.24, 2.45) is 11.3 Å². The lowest BCUT2D eigenvalue weighted by atomic mass is 9.92. The topological polar surface area (TPSA) is 70.7 Å². The van der Waals surface area contributed by atoms with Gasteiger partial charge in [0.2, 0.25) is 11.8 Å². The van der Waals surface area contributed by atoms with Gasteiger partial charge in [0, 0.05) is 31.1 Å². The van der Waals surface area contributed by atoms with Gasteiger partial charge in [-0.3, -0.25) is 14.5 Å². The van der Waals surface area contributed by atoms with E-state index in [0.717, 1.165) is 39.1 Å². The highest BCUT2D eigenvalue weighted by atomic mass is 16.5. The van der Waals surface area contributed by atoms with Crippen molar-refractivity contribution in [3.8, 4) is 0 Å². The summed E-state index contributed by atoms with van der Waals surface area (Å²) in [6.07, 6.45) is 2.18. The molecule has 1 aliphatic heterocycles. The molecule has 1 saturated heterocycles. The third kappa shape index (κ3) is 6.77. The Balaban J connectivity index is 2.51. The van der Waals surface area contributed by atoms with Crippen molar-refractivity contribution in [2.75, 3.05) is 39.4 Å². The number of hydrogen-bond donors (Lipinski definition) is 2. The standard InChI is InChI=1S/C18H35N3O3/c1-6-14(7-2)15(21-8-10-24-11-9-21)12-19-16(22)13-20-17(23)18(3,4)5/h14-15H,6-13H2,1-5H3,(H,19,22)(H,20,23). The van der Waals surface area contributed by atoms with Crippen molar-refractivity contribution < 1.29 is 14.3 Å². The maximum Gasteiger partial charge on any atom is 0.239 e. The lowest BCUT2D eigenvalue weighted by molar-refractivity contribution is -0.131. The van der Waals surface area contributed by atoms with E-state index < -0.39 is 5.41 Å². The molecule has 0 bridgehead atoms. The highest BCUT2D eigenvalue weighted by molar-refractivity contribution is 5.87. The van der Waals surface area contributed by atoms with Crippen LogP contribution >= 0.6 is 0 Å². The fourth-order valence-electron chi connectivity index (χ4n) is 3.04. The molecule has 1 heterocycles. The molecular formula is C18H35N3O3. The smallest absolute Gasteiger partial charge is 0.239 e. The highest BCUT2D eigenvalue weighted by Crippen LogP contribution is 2.19. The van der Waals surface area contributed by atoms with Crippen LogP contribution in [-0.4, -0.2) is 62.1 Å². The molecule has 24 heavy (non-hydrogen) atoms. The average molecular weight is 341 g/mol. The summed E-state index contributed by atoms with van der Waals surface area (Å²) in [5.41, 5.74) is -0.480. The van der Waals surface area contributed by atoms with Crippen molar-refractivity contribution in [2.45, 2.75) is 53.5 Å². The Labute approximate surface area is 146 Å². The average Bonchev–Trinajstić information content (AvgIpc) is 2.56. The molecule has 1 rings (SSSR count). The summed E-state index contributed by atoms with van der Waals surface area (Å²) in [5.74, 6) is 0.312. The fraction of sp³-hybridized carbons (Fsp3) is 0.889. The van der Waals surface area contributed by atoms with Crippen LogP contribution in [-0.2, 0) is 14.3 Å². The van der Waals surface area contributed by atoms with Gasteiger partial charge in [-0.15, -0.1) is 0 Å². The van der Waals surface area contributed by atoms with E-state index >= 15 is 0 Å². The van der Waals surface area contributed by atoms with Gasteiger partial charge in [-0.25, -0.2) is 0 Å². The molecule has 0 aromatic carbocycles. The minimum atomic E-state index is -0.480. The number of ether oxygens (including phenoxy) is 1. The van der Waals surface area contributed by atoms with E-state index in [-0.39, 0.29) is 18.4 Å². The molecule has 6 nitrogen and oxygen atoms in total. The minimum absolute atomic E-state index is 0.0366. The second-order valence-electron chi connectivity index (χ2n) is 7.53. The first-order valence-electron chi connectivity index (χ1n) is 9.16. The van der Waals surface area contributed by atoms with Gasteiger partial charge in [0.25, 0.3) is 0 Å². The van der Waals surface area contributed by atoms with Crippen LogP contribution in [0.2, 0.25) is 0 Å². The molecule has 0 aromatic rings. The number of carbonyl (C=O) groups is 2. The molecule has 0 aliphatic carbocycles. The van der Waals surface area contributed by atoms with Crippen LogP contribution in [0, 0.1) is 11.3 Å². The Hall–Kier alpha value is -1.14. The zero-order valence-corrected chi connectivity index (χ0v) is 16.0. The van der Waals surface area contributed by atoms with Gasteiger partial charge in [-0.05, 0) is 5.92 Å². The molecule has 140 valence electrons. The Kier molecular flexibility index (Phi) is 8.70. The van der Waals surface area contributed by atoms with Gasteiger partial charge >= 0.3 is 0 Å². The van der Waals surface area contributed by atoms with Crippen LogP contribution in [0.15, 0.2) is 0 Å². The van der Waals surface area contributed by atoms with Crippen LogP contribution in [0.1, 0.15) is 47.5 Å². The number of rotatable bonds is 8. The van der Waals surface area contributed by atoms with E-state index in [1.165, 1.54) is 0 Å². The number of morpholine rings is 1. The van der Waals surface area contributed by atoms with E-state index in [9.17, 15) is 9.59 Å². The van der Waals surface area contributed by atoms with Crippen LogP contribution in [0.4, 0.5) is 0 Å². The van der Waals surface area contributed by atoms with Gasteiger partial charge in [0.15, 0.2) is 0 Å². The number of hydrogen-bond acceptors (Lipinski definition) is 4. The zero-order valence-electron chi connectivity index (χ0n) is 16.0. The second kappa shape index (κ2) is 9.99. The Bertz CT molecular complexity index is 397. The first-order chi connectivity index (χ1) is 11.3. The molecule has 2 N–H and O–H groups in total. The molecule has 1 aliphatic rings. The highest BCUT2D eigenvalue weighted by Gasteiger charge is 2.27. The Morgan fingerprint density at radius 1 is 1.08 bits per heavy atom. The van der Waals surface area contributed by atoms with Crippen molar-refractivity contribution in [3.05, 3.63) is 0 Å². The normalized spacial score (nSPS) is 17.6. The summed E-state index contributed by atoms with van der Waals surface area (Å²) in [4.78, 5) is 26.4. The van der Waals surface area contributed by atoms with Crippen LogP contribution in [0.5, 0.6) is 0 Å². The molecule has 0 aromatic heterocycles. The Morgan fingerprint density at radius 3 is 2.17 bits per heavy atom. The maximum absolute atomic E-state index is 12.1. The molecule has 0 saturated carbocycles. The molecule has 6 heteroatoms. The monoisotopic (exact) mass is 341 g/mol. The van der Waals surface area contributed by atoms with E-state index in [1.54, 1.807) is 0 Å². The van der Waals surface area contributed by atoms with Crippen molar-refractivity contribution in [3.63, 3.8) is 0 Å².